The quantitative estimate of drug-likeness (QED) is 0.776. The molecule has 20 heavy (non-hydrogen) atoms. The Balaban J connectivity index is 2.30. The predicted molar refractivity (Wildman–Crippen MR) is 72.8 cm³/mol. The number of halogens is 4. The average molecular weight is 347 g/mol. The Morgan fingerprint density at radius 1 is 1.00 bits per heavy atom. The lowest BCUT2D eigenvalue weighted by Gasteiger charge is -2.11. The van der Waals surface area contributed by atoms with Crippen molar-refractivity contribution < 1.29 is 22.6 Å². The third-order valence-electron chi connectivity index (χ3n) is 2.56. The van der Waals surface area contributed by atoms with Crippen LogP contribution in [0.15, 0.2) is 46.9 Å². The third-order valence-corrected chi connectivity index (χ3v) is 3.06. The molecule has 0 heterocycles. The van der Waals surface area contributed by atoms with Crippen LogP contribution in [0.1, 0.15) is 0 Å². The summed E-state index contributed by atoms with van der Waals surface area (Å²) in [7, 11) is 1.53. The van der Waals surface area contributed by atoms with Crippen molar-refractivity contribution in [2.75, 3.05) is 7.11 Å². The van der Waals surface area contributed by atoms with E-state index in [4.69, 9.17) is 4.74 Å². The average Bonchev–Trinajstić information content (AvgIpc) is 2.38. The van der Waals surface area contributed by atoms with E-state index in [0.717, 1.165) is 15.6 Å². The van der Waals surface area contributed by atoms with Gasteiger partial charge < -0.3 is 9.47 Å². The smallest absolute Gasteiger partial charge is 0.496 e. The zero-order chi connectivity index (χ0) is 14.8. The first-order valence-electron chi connectivity index (χ1n) is 5.59. The summed E-state index contributed by atoms with van der Waals surface area (Å²) in [6.07, 6.45) is -4.68. The number of alkyl halides is 3. The number of methoxy groups -OCH3 is 1. The van der Waals surface area contributed by atoms with Crippen LogP contribution in [0.4, 0.5) is 13.2 Å². The van der Waals surface area contributed by atoms with Crippen molar-refractivity contribution >= 4 is 15.9 Å². The fourth-order valence-corrected chi connectivity index (χ4v) is 2.08. The zero-order valence-corrected chi connectivity index (χ0v) is 12.0. The van der Waals surface area contributed by atoms with Gasteiger partial charge in [-0.15, -0.1) is 13.2 Å². The van der Waals surface area contributed by atoms with Crippen molar-refractivity contribution in [2.24, 2.45) is 0 Å². The van der Waals surface area contributed by atoms with Crippen molar-refractivity contribution in [3.8, 4) is 22.6 Å². The molecule has 0 aromatic heterocycles. The molecule has 0 atom stereocenters. The van der Waals surface area contributed by atoms with E-state index in [9.17, 15) is 13.2 Å². The first-order chi connectivity index (χ1) is 9.39. The number of benzene rings is 2. The Morgan fingerprint density at radius 3 is 2.20 bits per heavy atom. The summed E-state index contributed by atoms with van der Waals surface area (Å²) < 4.78 is 46.2. The van der Waals surface area contributed by atoms with E-state index in [1.54, 1.807) is 18.2 Å². The van der Waals surface area contributed by atoms with E-state index >= 15 is 0 Å². The van der Waals surface area contributed by atoms with Crippen LogP contribution in [0.2, 0.25) is 0 Å². The van der Waals surface area contributed by atoms with Crippen molar-refractivity contribution in [3.05, 3.63) is 46.9 Å². The molecular weight excluding hydrogens is 337 g/mol. The van der Waals surface area contributed by atoms with Crippen LogP contribution in [0, 0.1) is 0 Å². The highest BCUT2D eigenvalue weighted by Crippen LogP contribution is 2.34. The lowest BCUT2D eigenvalue weighted by atomic mass is 10.0. The Hall–Kier alpha value is -1.69. The molecule has 0 amide bonds. The number of rotatable bonds is 3. The molecule has 2 nitrogen and oxygen atoms in total. The van der Waals surface area contributed by atoms with Gasteiger partial charge in [0.05, 0.1) is 7.11 Å². The Morgan fingerprint density at radius 2 is 1.65 bits per heavy atom. The Bertz CT molecular complexity index is 594. The molecule has 0 saturated heterocycles. The molecular formula is C14H10BrF3O2. The molecule has 6 heteroatoms. The van der Waals surface area contributed by atoms with Gasteiger partial charge in [-0.3, -0.25) is 0 Å². The van der Waals surface area contributed by atoms with Crippen LogP contribution in [0.25, 0.3) is 11.1 Å². The lowest BCUT2D eigenvalue weighted by molar-refractivity contribution is -0.274. The molecule has 0 saturated carbocycles. The van der Waals surface area contributed by atoms with Crippen LogP contribution < -0.4 is 9.47 Å². The van der Waals surface area contributed by atoms with Gasteiger partial charge in [-0.2, -0.15) is 0 Å². The summed E-state index contributed by atoms with van der Waals surface area (Å²) in [6, 6.07) is 11.1. The highest BCUT2D eigenvalue weighted by Gasteiger charge is 2.30. The monoisotopic (exact) mass is 346 g/mol. The molecule has 2 aromatic rings. The second-order valence-corrected chi connectivity index (χ2v) is 4.83. The van der Waals surface area contributed by atoms with E-state index < -0.39 is 6.36 Å². The maximum Gasteiger partial charge on any atom is 0.573 e. The fourth-order valence-electron chi connectivity index (χ4n) is 1.74. The van der Waals surface area contributed by atoms with Gasteiger partial charge in [0.1, 0.15) is 11.5 Å². The minimum atomic E-state index is -4.68. The van der Waals surface area contributed by atoms with Crippen LogP contribution >= 0.6 is 15.9 Å². The zero-order valence-electron chi connectivity index (χ0n) is 10.4. The number of hydrogen-bond acceptors (Lipinski definition) is 2. The molecule has 0 aliphatic rings. The molecule has 0 spiro atoms. The predicted octanol–water partition coefficient (Wildman–Crippen LogP) is 5.02. The minimum Gasteiger partial charge on any atom is -0.496 e. The lowest BCUT2D eigenvalue weighted by Crippen LogP contribution is -2.16. The molecule has 0 unspecified atom stereocenters. The molecule has 0 aliphatic heterocycles. The van der Waals surface area contributed by atoms with Crippen molar-refractivity contribution in [1.82, 2.24) is 0 Å². The fraction of sp³-hybridized carbons (Fsp3) is 0.143. The Labute approximate surface area is 122 Å². The van der Waals surface area contributed by atoms with Crippen molar-refractivity contribution in [3.63, 3.8) is 0 Å². The van der Waals surface area contributed by atoms with Crippen LogP contribution in [0.5, 0.6) is 11.5 Å². The minimum absolute atomic E-state index is 0.252. The van der Waals surface area contributed by atoms with Gasteiger partial charge >= 0.3 is 6.36 Å². The first-order valence-corrected chi connectivity index (χ1v) is 6.38. The molecule has 0 aliphatic carbocycles. The van der Waals surface area contributed by atoms with Crippen LogP contribution in [0.3, 0.4) is 0 Å². The maximum absolute atomic E-state index is 12.1. The summed E-state index contributed by atoms with van der Waals surface area (Å²) in [6.45, 7) is 0. The molecule has 106 valence electrons. The second kappa shape index (κ2) is 5.75. The van der Waals surface area contributed by atoms with Gasteiger partial charge in [0.2, 0.25) is 0 Å². The summed E-state index contributed by atoms with van der Waals surface area (Å²) in [5, 5.41) is 0. The largest absolute Gasteiger partial charge is 0.573 e. The Kier molecular flexibility index (Phi) is 4.23. The summed E-state index contributed by atoms with van der Waals surface area (Å²) in [4.78, 5) is 0. The van der Waals surface area contributed by atoms with Gasteiger partial charge in [-0.1, -0.05) is 28.1 Å². The summed E-state index contributed by atoms with van der Waals surface area (Å²) in [5.74, 6) is 0.376. The van der Waals surface area contributed by atoms with E-state index in [-0.39, 0.29) is 5.75 Å². The third kappa shape index (κ3) is 3.66. The molecule has 0 bridgehead atoms. The van der Waals surface area contributed by atoms with Gasteiger partial charge in [-0.25, -0.2) is 0 Å². The summed E-state index contributed by atoms with van der Waals surface area (Å²) >= 11 is 3.33. The van der Waals surface area contributed by atoms with Gasteiger partial charge in [0.15, 0.2) is 0 Å². The normalized spacial score (nSPS) is 11.2. The van der Waals surface area contributed by atoms with Gasteiger partial charge in [0.25, 0.3) is 0 Å². The van der Waals surface area contributed by atoms with Gasteiger partial charge in [0, 0.05) is 10.0 Å². The van der Waals surface area contributed by atoms with E-state index in [0.29, 0.717) is 5.75 Å². The van der Waals surface area contributed by atoms with Crippen molar-refractivity contribution in [2.45, 2.75) is 6.36 Å². The molecule has 2 aromatic carbocycles. The topological polar surface area (TPSA) is 18.5 Å². The van der Waals surface area contributed by atoms with E-state index in [2.05, 4.69) is 20.7 Å². The van der Waals surface area contributed by atoms with Crippen LogP contribution in [-0.2, 0) is 0 Å². The van der Waals surface area contributed by atoms with Crippen molar-refractivity contribution in [1.29, 1.82) is 0 Å². The molecule has 0 N–H and O–H groups in total. The van der Waals surface area contributed by atoms with E-state index in [1.165, 1.54) is 19.2 Å². The van der Waals surface area contributed by atoms with Gasteiger partial charge in [-0.05, 0) is 35.9 Å². The molecule has 0 fully saturated rings. The standard InChI is InChI=1S/C14H10BrF3O2/c1-19-13-8-10(15)4-7-12(13)9-2-5-11(6-3-9)20-14(16,17)18/h2-8H,1H3. The summed E-state index contributed by atoms with van der Waals surface area (Å²) in [5.41, 5.74) is 1.53. The highest BCUT2D eigenvalue weighted by molar-refractivity contribution is 9.10. The number of hydrogen-bond donors (Lipinski definition) is 0. The highest BCUT2D eigenvalue weighted by atomic mass is 79.9. The van der Waals surface area contributed by atoms with E-state index in [1.807, 2.05) is 12.1 Å². The maximum atomic E-state index is 12.1. The molecule has 2 rings (SSSR count). The second-order valence-electron chi connectivity index (χ2n) is 3.92. The SMILES string of the molecule is COc1cc(Br)ccc1-c1ccc(OC(F)(F)F)cc1. The molecule has 0 radical (unpaired) electrons. The first kappa shape index (κ1) is 14.7. The number of ether oxygens (including phenoxy) is 2. The van der Waals surface area contributed by atoms with Crippen LogP contribution in [-0.4, -0.2) is 13.5 Å².